The smallest absolute Gasteiger partial charge is 0.255 e. The van der Waals surface area contributed by atoms with Gasteiger partial charge >= 0.3 is 0 Å². The summed E-state index contributed by atoms with van der Waals surface area (Å²) < 4.78 is 10.6. The molecule has 0 atom stereocenters. The van der Waals surface area contributed by atoms with Gasteiger partial charge in [0.05, 0.1) is 0 Å². The summed E-state index contributed by atoms with van der Waals surface area (Å²) in [5, 5.41) is 5.87. The van der Waals surface area contributed by atoms with Gasteiger partial charge in [0, 0.05) is 29.8 Å². The van der Waals surface area contributed by atoms with E-state index in [1.54, 1.807) is 30.3 Å². The van der Waals surface area contributed by atoms with Crippen LogP contribution in [0.3, 0.4) is 0 Å². The highest BCUT2D eigenvalue weighted by molar-refractivity contribution is 6.04. The molecular formula is C22H24N2O4. The maximum Gasteiger partial charge on any atom is 0.255 e. The highest BCUT2D eigenvalue weighted by Crippen LogP contribution is 2.34. The van der Waals surface area contributed by atoms with E-state index in [9.17, 15) is 9.59 Å². The van der Waals surface area contributed by atoms with Crippen LogP contribution >= 0.6 is 0 Å². The molecule has 146 valence electrons. The second kappa shape index (κ2) is 8.33. The molecule has 2 N–H and O–H groups in total. The van der Waals surface area contributed by atoms with Crippen molar-refractivity contribution in [2.75, 3.05) is 12.1 Å². The molecule has 0 spiro atoms. The van der Waals surface area contributed by atoms with E-state index in [0.29, 0.717) is 29.3 Å². The van der Waals surface area contributed by atoms with Crippen LogP contribution in [-0.2, 0) is 11.3 Å². The van der Waals surface area contributed by atoms with Crippen molar-refractivity contribution in [1.82, 2.24) is 5.32 Å². The molecule has 28 heavy (non-hydrogen) atoms. The molecule has 2 aromatic rings. The zero-order chi connectivity index (χ0) is 19.3. The third kappa shape index (κ3) is 4.27. The molecule has 6 nitrogen and oxygen atoms in total. The van der Waals surface area contributed by atoms with Crippen LogP contribution in [0.25, 0.3) is 0 Å². The molecule has 1 aliphatic carbocycles. The Kier molecular flexibility index (Phi) is 5.46. The van der Waals surface area contributed by atoms with E-state index in [2.05, 4.69) is 10.6 Å². The van der Waals surface area contributed by atoms with E-state index in [4.69, 9.17) is 9.47 Å². The predicted molar refractivity (Wildman–Crippen MR) is 105 cm³/mol. The number of nitrogens with one attached hydrogen (secondary N) is 2. The third-order valence-corrected chi connectivity index (χ3v) is 5.29. The summed E-state index contributed by atoms with van der Waals surface area (Å²) in [5.74, 6) is 1.40. The SMILES string of the molecule is O=C(Nc1ccc2c(c1)OCO2)c1ccc(CNC(=O)C2CCCCC2)cc1. The first kappa shape index (κ1) is 18.3. The van der Waals surface area contributed by atoms with Crippen LogP contribution in [0.15, 0.2) is 42.5 Å². The zero-order valence-electron chi connectivity index (χ0n) is 15.7. The van der Waals surface area contributed by atoms with Crippen molar-refractivity contribution in [2.24, 2.45) is 5.92 Å². The van der Waals surface area contributed by atoms with E-state index in [-0.39, 0.29) is 24.5 Å². The Morgan fingerprint density at radius 3 is 2.46 bits per heavy atom. The number of fused-ring (bicyclic) bond motifs is 1. The van der Waals surface area contributed by atoms with Crippen LogP contribution in [0.5, 0.6) is 11.5 Å². The second-order valence-electron chi connectivity index (χ2n) is 7.27. The Morgan fingerprint density at radius 2 is 1.68 bits per heavy atom. The lowest BCUT2D eigenvalue weighted by atomic mass is 9.88. The second-order valence-corrected chi connectivity index (χ2v) is 7.27. The molecule has 1 heterocycles. The van der Waals surface area contributed by atoms with Crippen molar-refractivity contribution in [1.29, 1.82) is 0 Å². The van der Waals surface area contributed by atoms with E-state index in [1.165, 1.54) is 6.42 Å². The van der Waals surface area contributed by atoms with Gasteiger partial charge in [-0.3, -0.25) is 9.59 Å². The number of ether oxygens (including phenoxy) is 2. The van der Waals surface area contributed by atoms with Gasteiger partial charge < -0.3 is 20.1 Å². The van der Waals surface area contributed by atoms with E-state index in [1.807, 2.05) is 12.1 Å². The van der Waals surface area contributed by atoms with Gasteiger partial charge in [0.1, 0.15) is 0 Å². The number of hydrogen-bond acceptors (Lipinski definition) is 4. The minimum atomic E-state index is -0.198. The van der Waals surface area contributed by atoms with Gasteiger partial charge in [-0.1, -0.05) is 31.4 Å². The Balaban J connectivity index is 1.31. The molecule has 4 rings (SSSR count). The molecule has 0 radical (unpaired) electrons. The number of hydrogen-bond donors (Lipinski definition) is 2. The van der Waals surface area contributed by atoms with Gasteiger partial charge in [-0.05, 0) is 42.7 Å². The first-order valence-electron chi connectivity index (χ1n) is 9.77. The van der Waals surface area contributed by atoms with Crippen LogP contribution in [-0.4, -0.2) is 18.6 Å². The molecule has 0 aromatic heterocycles. The number of carbonyl (C=O) groups is 2. The van der Waals surface area contributed by atoms with Crippen molar-refractivity contribution < 1.29 is 19.1 Å². The summed E-state index contributed by atoms with van der Waals surface area (Å²) in [6.45, 7) is 0.685. The molecule has 0 unspecified atom stereocenters. The van der Waals surface area contributed by atoms with Crippen LogP contribution in [0.4, 0.5) is 5.69 Å². The van der Waals surface area contributed by atoms with Crippen LogP contribution in [0.1, 0.15) is 48.0 Å². The van der Waals surface area contributed by atoms with E-state index < -0.39 is 0 Å². The molecule has 1 fully saturated rings. The number of amides is 2. The molecule has 2 aliphatic rings. The first-order valence-corrected chi connectivity index (χ1v) is 9.77. The third-order valence-electron chi connectivity index (χ3n) is 5.29. The highest BCUT2D eigenvalue weighted by Gasteiger charge is 2.20. The van der Waals surface area contributed by atoms with Crippen LogP contribution in [0.2, 0.25) is 0 Å². The van der Waals surface area contributed by atoms with Crippen molar-refractivity contribution >= 4 is 17.5 Å². The van der Waals surface area contributed by atoms with E-state index >= 15 is 0 Å². The number of anilines is 1. The maximum absolute atomic E-state index is 12.4. The summed E-state index contributed by atoms with van der Waals surface area (Å²) >= 11 is 0. The minimum absolute atomic E-state index is 0.143. The average molecular weight is 380 g/mol. The summed E-state index contributed by atoms with van der Waals surface area (Å²) in [6.07, 6.45) is 5.51. The lowest BCUT2D eigenvalue weighted by Crippen LogP contribution is -2.31. The molecule has 6 heteroatoms. The Morgan fingerprint density at radius 1 is 0.929 bits per heavy atom. The van der Waals surface area contributed by atoms with Gasteiger partial charge in [0.15, 0.2) is 11.5 Å². The topological polar surface area (TPSA) is 76.7 Å². The Labute approximate surface area is 164 Å². The molecule has 0 bridgehead atoms. The van der Waals surface area contributed by atoms with Gasteiger partial charge in [-0.15, -0.1) is 0 Å². The molecule has 2 amide bonds. The number of benzene rings is 2. The average Bonchev–Trinajstić information content (AvgIpc) is 3.21. The fourth-order valence-corrected chi connectivity index (χ4v) is 3.65. The highest BCUT2D eigenvalue weighted by atomic mass is 16.7. The fraction of sp³-hybridized carbons (Fsp3) is 0.364. The lowest BCUT2D eigenvalue weighted by molar-refractivity contribution is -0.126. The maximum atomic E-state index is 12.4. The lowest BCUT2D eigenvalue weighted by Gasteiger charge is -2.20. The predicted octanol–water partition coefficient (Wildman–Crippen LogP) is 3.86. The van der Waals surface area contributed by atoms with E-state index in [0.717, 1.165) is 31.2 Å². The standard InChI is InChI=1S/C22H24N2O4/c25-21(16-4-2-1-3-5-16)23-13-15-6-8-17(9-7-15)22(26)24-18-10-11-19-20(12-18)28-14-27-19/h6-12,16H,1-5,13-14H2,(H,23,25)(H,24,26). The summed E-state index contributed by atoms with van der Waals surface area (Å²) in [5.41, 5.74) is 2.18. The molecule has 1 aliphatic heterocycles. The van der Waals surface area contributed by atoms with Crippen molar-refractivity contribution in [3.05, 3.63) is 53.6 Å². The Bertz CT molecular complexity index is 857. The minimum Gasteiger partial charge on any atom is -0.454 e. The van der Waals surface area contributed by atoms with Gasteiger partial charge in [-0.2, -0.15) is 0 Å². The van der Waals surface area contributed by atoms with Crippen LogP contribution in [0, 0.1) is 5.92 Å². The van der Waals surface area contributed by atoms with Gasteiger partial charge in [-0.25, -0.2) is 0 Å². The fourth-order valence-electron chi connectivity index (χ4n) is 3.65. The summed E-state index contributed by atoms with van der Waals surface area (Å²) in [4.78, 5) is 24.7. The quantitative estimate of drug-likeness (QED) is 0.826. The monoisotopic (exact) mass is 380 g/mol. The largest absolute Gasteiger partial charge is 0.454 e. The van der Waals surface area contributed by atoms with Gasteiger partial charge in [0.2, 0.25) is 12.7 Å². The zero-order valence-corrected chi connectivity index (χ0v) is 15.7. The first-order chi connectivity index (χ1) is 13.7. The summed E-state index contributed by atoms with van der Waals surface area (Å²) in [7, 11) is 0. The summed E-state index contributed by atoms with van der Waals surface area (Å²) in [6, 6.07) is 12.6. The molecular weight excluding hydrogens is 356 g/mol. The van der Waals surface area contributed by atoms with Crippen LogP contribution < -0.4 is 20.1 Å². The number of rotatable bonds is 5. The molecule has 2 aromatic carbocycles. The van der Waals surface area contributed by atoms with Crippen molar-refractivity contribution in [3.63, 3.8) is 0 Å². The number of carbonyl (C=O) groups excluding carboxylic acids is 2. The van der Waals surface area contributed by atoms with Gasteiger partial charge in [0.25, 0.3) is 5.91 Å². The molecule has 0 saturated heterocycles. The van der Waals surface area contributed by atoms with Crippen molar-refractivity contribution in [2.45, 2.75) is 38.6 Å². The molecule has 1 saturated carbocycles. The normalized spacial score (nSPS) is 15.9. The van der Waals surface area contributed by atoms with Crippen molar-refractivity contribution in [3.8, 4) is 11.5 Å². The Hall–Kier alpha value is -3.02.